The molecule has 8 nitrogen and oxygen atoms in total. The summed E-state index contributed by atoms with van der Waals surface area (Å²) in [5, 5.41) is 6.96. The molecule has 0 fully saturated rings. The molecule has 1 aliphatic rings. The molecule has 1 aliphatic heterocycles. The van der Waals surface area contributed by atoms with Crippen LogP contribution in [0.25, 0.3) is 0 Å². The Kier molecular flexibility index (Phi) is 4.98. The molecular formula is C19H24N6O2. The zero-order valence-electron chi connectivity index (χ0n) is 15.8. The van der Waals surface area contributed by atoms with Gasteiger partial charge >= 0.3 is 0 Å². The lowest BCUT2D eigenvalue weighted by atomic mass is 9.81. The molecule has 1 atom stereocenters. The highest BCUT2D eigenvalue weighted by molar-refractivity contribution is 6.03. The lowest BCUT2D eigenvalue weighted by Crippen LogP contribution is -2.48. The highest BCUT2D eigenvalue weighted by Gasteiger charge is 2.39. The van der Waals surface area contributed by atoms with Crippen molar-refractivity contribution in [2.24, 2.45) is 17.8 Å². The summed E-state index contributed by atoms with van der Waals surface area (Å²) >= 11 is 0. The van der Waals surface area contributed by atoms with Crippen LogP contribution in [0.5, 0.6) is 0 Å². The summed E-state index contributed by atoms with van der Waals surface area (Å²) in [6.45, 7) is 2.04. The second kappa shape index (κ2) is 7.22. The van der Waals surface area contributed by atoms with Crippen LogP contribution in [-0.2, 0) is 17.4 Å². The topological polar surface area (TPSA) is 106 Å². The standard InChI is InChI=1S/C19H24N6O2/c1-4-9-19(12-16(26)25(3)18(20)22-19)13-6-5-7-14(11-13)21-17(27)15-8-10-24(2)23-15/h5-8,10-11H,4,9,12H2,1-3H3,(H2,20,22)(H,21,27)/t19-/m0/s1. The van der Waals surface area contributed by atoms with E-state index in [1.54, 1.807) is 37.1 Å². The number of aryl methyl sites for hydroxylation is 1. The van der Waals surface area contributed by atoms with Crippen molar-refractivity contribution in [2.45, 2.75) is 31.7 Å². The van der Waals surface area contributed by atoms with Gasteiger partial charge in [0.25, 0.3) is 5.91 Å². The number of anilines is 1. The van der Waals surface area contributed by atoms with Gasteiger partial charge in [0, 0.05) is 26.0 Å². The van der Waals surface area contributed by atoms with Crippen LogP contribution in [-0.4, -0.2) is 39.5 Å². The van der Waals surface area contributed by atoms with Crippen molar-refractivity contribution in [1.29, 1.82) is 0 Å². The SMILES string of the molecule is CCC[C@@]1(c2cccc(NC(=O)c3ccn(C)n3)c2)CC(=O)N(C)C(N)=N1. The van der Waals surface area contributed by atoms with Crippen molar-refractivity contribution >= 4 is 23.5 Å². The third kappa shape index (κ3) is 3.69. The summed E-state index contributed by atoms with van der Waals surface area (Å²) in [5.74, 6) is -0.152. The fourth-order valence-electron chi connectivity index (χ4n) is 3.32. The Morgan fingerprint density at radius 3 is 2.74 bits per heavy atom. The van der Waals surface area contributed by atoms with Gasteiger partial charge in [-0.25, -0.2) is 4.99 Å². The van der Waals surface area contributed by atoms with Crippen LogP contribution < -0.4 is 11.1 Å². The highest BCUT2D eigenvalue weighted by Crippen LogP contribution is 2.38. The quantitative estimate of drug-likeness (QED) is 0.840. The average Bonchev–Trinajstić information content (AvgIpc) is 3.07. The fraction of sp³-hybridized carbons (Fsp3) is 0.368. The van der Waals surface area contributed by atoms with Crippen LogP contribution in [0.3, 0.4) is 0 Å². The number of carbonyl (C=O) groups is 2. The van der Waals surface area contributed by atoms with Gasteiger partial charge in [0.05, 0.1) is 12.0 Å². The van der Waals surface area contributed by atoms with Gasteiger partial charge in [0.1, 0.15) is 0 Å². The van der Waals surface area contributed by atoms with E-state index >= 15 is 0 Å². The molecule has 1 aromatic heterocycles. The lowest BCUT2D eigenvalue weighted by Gasteiger charge is -2.36. The average molecular weight is 368 g/mol. The van der Waals surface area contributed by atoms with Gasteiger partial charge < -0.3 is 11.1 Å². The smallest absolute Gasteiger partial charge is 0.276 e. The minimum Gasteiger partial charge on any atom is -0.369 e. The summed E-state index contributed by atoms with van der Waals surface area (Å²) in [6.07, 6.45) is 3.49. The van der Waals surface area contributed by atoms with Crippen LogP contribution in [0.4, 0.5) is 5.69 Å². The first-order valence-electron chi connectivity index (χ1n) is 8.88. The second-order valence-electron chi connectivity index (χ2n) is 6.79. The maximum absolute atomic E-state index is 12.4. The molecule has 2 heterocycles. The number of nitrogens with two attached hydrogens (primary N) is 1. The van der Waals surface area contributed by atoms with Crippen LogP contribution in [0.15, 0.2) is 41.5 Å². The number of nitrogens with zero attached hydrogens (tertiary/aromatic N) is 4. The molecule has 0 saturated carbocycles. The molecule has 0 spiro atoms. The summed E-state index contributed by atoms with van der Waals surface area (Å²) in [5.41, 5.74) is 7.08. The zero-order chi connectivity index (χ0) is 19.6. The molecule has 2 amide bonds. The maximum Gasteiger partial charge on any atom is 0.276 e. The van der Waals surface area contributed by atoms with Gasteiger partial charge in [0.2, 0.25) is 5.91 Å². The molecule has 3 N–H and O–H groups in total. The van der Waals surface area contributed by atoms with Gasteiger partial charge in [-0.2, -0.15) is 5.10 Å². The second-order valence-corrected chi connectivity index (χ2v) is 6.79. The Bertz CT molecular complexity index is 903. The lowest BCUT2D eigenvalue weighted by molar-refractivity contribution is -0.128. The minimum atomic E-state index is -0.714. The van der Waals surface area contributed by atoms with E-state index in [1.165, 1.54) is 4.90 Å². The fourth-order valence-corrected chi connectivity index (χ4v) is 3.32. The first kappa shape index (κ1) is 18.6. The monoisotopic (exact) mass is 368 g/mol. The number of hydrogen-bond acceptors (Lipinski definition) is 5. The number of benzene rings is 1. The van der Waals surface area contributed by atoms with Crippen molar-refractivity contribution in [1.82, 2.24) is 14.7 Å². The van der Waals surface area contributed by atoms with Crippen LogP contribution in [0.1, 0.15) is 42.2 Å². The number of nitrogens with one attached hydrogen (secondary N) is 1. The molecule has 0 unspecified atom stereocenters. The van der Waals surface area contributed by atoms with E-state index in [2.05, 4.69) is 15.4 Å². The molecule has 2 aromatic rings. The normalized spacial score (nSPS) is 19.7. The van der Waals surface area contributed by atoms with Gasteiger partial charge in [-0.1, -0.05) is 25.5 Å². The highest BCUT2D eigenvalue weighted by atomic mass is 16.2. The van der Waals surface area contributed by atoms with E-state index in [-0.39, 0.29) is 24.2 Å². The Morgan fingerprint density at radius 1 is 1.33 bits per heavy atom. The third-order valence-corrected chi connectivity index (χ3v) is 4.76. The minimum absolute atomic E-state index is 0.0705. The van der Waals surface area contributed by atoms with Gasteiger partial charge in [-0.15, -0.1) is 0 Å². The molecule has 0 saturated heterocycles. The molecule has 8 heteroatoms. The molecule has 0 radical (unpaired) electrons. The summed E-state index contributed by atoms with van der Waals surface area (Å²) in [6, 6.07) is 9.06. The van der Waals surface area contributed by atoms with Crippen LogP contribution in [0, 0.1) is 0 Å². The third-order valence-electron chi connectivity index (χ3n) is 4.76. The van der Waals surface area contributed by atoms with E-state index < -0.39 is 5.54 Å². The van der Waals surface area contributed by atoms with E-state index in [1.807, 2.05) is 25.1 Å². The molecule has 142 valence electrons. The van der Waals surface area contributed by atoms with Crippen molar-refractivity contribution < 1.29 is 9.59 Å². The van der Waals surface area contributed by atoms with Crippen LogP contribution >= 0.6 is 0 Å². The Hall–Kier alpha value is -3.16. The summed E-state index contributed by atoms with van der Waals surface area (Å²) in [7, 11) is 3.38. The Balaban J connectivity index is 1.93. The number of amides is 2. The van der Waals surface area contributed by atoms with E-state index in [0.29, 0.717) is 17.8 Å². The summed E-state index contributed by atoms with van der Waals surface area (Å²) < 4.78 is 1.57. The Labute approximate surface area is 158 Å². The summed E-state index contributed by atoms with van der Waals surface area (Å²) in [4.78, 5) is 30.8. The van der Waals surface area contributed by atoms with Crippen LogP contribution in [0.2, 0.25) is 0 Å². The molecule has 1 aromatic carbocycles. The number of guanidine groups is 1. The predicted molar refractivity (Wildman–Crippen MR) is 103 cm³/mol. The van der Waals surface area contributed by atoms with Crippen molar-refractivity contribution in [3.05, 3.63) is 47.8 Å². The molecule has 0 aliphatic carbocycles. The number of aliphatic imine (C=N–C) groups is 1. The number of aromatic nitrogens is 2. The first-order chi connectivity index (χ1) is 12.8. The number of hydrogen-bond donors (Lipinski definition) is 2. The Morgan fingerprint density at radius 2 is 2.11 bits per heavy atom. The van der Waals surface area contributed by atoms with Gasteiger partial charge in [-0.05, 0) is 30.2 Å². The van der Waals surface area contributed by atoms with Crippen molar-refractivity contribution in [2.75, 3.05) is 12.4 Å². The number of carbonyl (C=O) groups excluding carboxylic acids is 2. The van der Waals surface area contributed by atoms with Gasteiger partial charge in [0.15, 0.2) is 11.7 Å². The van der Waals surface area contributed by atoms with Gasteiger partial charge in [-0.3, -0.25) is 19.2 Å². The van der Waals surface area contributed by atoms with Crippen molar-refractivity contribution in [3.8, 4) is 0 Å². The molecule has 27 heavy (non-hydrogen) atoms. The van der Waals surface area contributed by atoms with E-state index in [9.17, 15) is 9.59 Å². The number of rotatable bonds is 5. The largest absolute Gasteiger partial charge is 0.369 e. The van der Waals surface area contributed by atoms with E-state index in [0.717, 1.165) is 12.0 Å². The van der Waals surface area contributed by atoms with E-state index in [4.69, 9.17) is 5.73 Å². The molecule has 3 rings (SSSR count). The first-order valence-corrected chi connectivity index (χ1v) is 8.88. The molecule has 0 bridgehead atoms. The molecular weight excluding hydrogens is 344 g/mol. The zero-order valence-corrected chi connectivity index (χ0v) is 15.8. The van der Waals surface area contributed by atoms with Crippen molar-refractivity contribution in [3.63, 3.8) is 0 Å². The predicted octanol–water partition coefficient (Wildman–Crippen LogP) is 1.84. The maximum atomic E-state index is 12.4.